The van der Waals surface area contributed by atoms with Gasteiger partial charge in [0, 0.05) is 0 Å². The molecule has 0 heterocycles. The molecular weight excluding hydrogens is 487 g/mol. The minimum absolute atomic E-state index is 0. The van der Waals surface area contributed by atoms with Crippen molar-refractivity contribution in [2.75, 3.05) is 13.2 Å². The molecule has 1 N–H and O–H groups in total. The van der Waals surface area contributed by atoms with Crippen molar-refractivity contribution < 1.29 is 74.6 Å². The van der Waals surface area contributed by atoms with Crippen LogP contribution in [0.25, 0.3) is 0 Å². The maximum absolute atomic E-state index is 12.0. The Labute approximate surface area is 222 Å². The molecule has 192 valence electrons. The third kappa shape index (κ3) is 27.9. The second-order valence-electron chi connectivity index (χ2n) is 7.35. The van der Waals surface area contributed by atoms with Gasteiger partial charge in [-0.2, -0.15) is 8.42 Å². The molecule has 0 saturated heterocycles. The predicted molar refractivity (Wildman–Crippen MR) is 120 cm³/mol. The summed E-state index contributed by atoms with van der Waals surface area (Å²) < 4.78 is 67.5. The zero-order valence-electron chi connectivity index (χ0n) is 20.2. The van der Waals surface area contributed by atoms with E-state index in [1.807, 2.05) is 0 Å². The molecule has 13 heteroatoms. The summed E-state index contributed by atoms with van der Waals surface area (Å²) in [6.45, 7) is 4.50. The molecule has 0 spiro atoms. The molecule has 0 aromatic carbocycles. The number of carbonyl (C=O) groups is 2. The predicted octanol–water partition coefficient (Wildman–Crippen LogP) is 0.173. The molecule has 1 unspecified atom stereocenters. The van der Waals surface area contributed by atoms with Crippen LogP contribution in [0.1, 0.15) is 97.3 Å². The van der Waals surface area contributed by atoms with E-state index in [1.54, 1.807) is 0 Å². The van der Waals surface area contributed by atoms with Crippen molar-refractivity contribution in [3.8, 4) is 0 Å². The SMILES string of the molecule is CCCCCCCCOC(=O)CC(C(=O)OCCCCCCCC)S(=O)(=O)O.O=[SH](=O)[O-].[Na+]. The molecule has 0 rings (SSSR count). The summed E-state index contributed by atoms with van der Waals surface area (Å²) in [6, 6.07) is 0. The Bertz CT molecular complexity index is 658. The second kappa shape index (κ2) is 24.9. The van der Waals surface area contributed by atoms with Crippen LogP contribution in [0, 0.1) is 0 Å². The van der Waals surface area contributed by atoms with Crippen molar-refractivity contribution in [1.82, 2.24) is 0 Å². The first-order valence-electron chi connectivity index (χ1n) is 11.2. The Kier molecular flexibility index (Phi) is 28.1. The zero-order chi connectivity index (χ0) is 24.8. The number of thiol groups is 1. The van der Waals surface area contributed by atoms with Gasteiger partial charge in [-0.3, -0.25) is 14.1 Å². The van der Waals surface area contributed by atoms with E-state index in [9.17, 15) is 22.6 Å². The van der Waals surface area contributed by atoms with Gasteiger partial charge in [0.15, 0.2) is 5.25 Å². The third-order valence-electron chi connectivity index (χ3n) is 4.48. The standard InChI is InChI=1S/C20H38O7S.Na.H2O3S/c1-3-5-7-9-11-13-15-26-19(21)17-18(28(23,24)25)20(22)27-16-14-12-10-8-6-4-2;;1-4(2)3/h18H,3-17H2,1-2H3,(H,23,24,25);;4H,(H,1,2,3)/q;+1;/p-1. The van der Waals surface area contributed by atoms with E-state index in [0.29, 0.717) is 12.8 Å². The maximum Gasteiger partial charge on any atom is 1.00 e. The smallest absolute Gasteiger partial charge is 0.750 e. The summed E-state index contributed by atoms with van der Waals surface area (Å²) in [6.07, 6.45) is 11.3. The largest absolute Gasteiger partial charge is 1.00 e. The number of esters is 2. The van der Waals surface area contributed by atoms with E-state index >= 15 is 0 Å². The molecule has 0 saturated carbocycles. The molecule has 10 nitrogen and oxygen atoms in total. The van der Waals surface area contributed by atoms with Gasteiger partial charge in [0.2, 0.25) is 0 Å². The van der Waals surface area contributed by atoms with Crippen molar-refractivity contribution in [3.63, 3.8) is 0 Å². The minimum atomic E-state index is -4.73. The number of hydrogen-bond acceptors (Lipinski definition) is 9. The van der Waals surface area contributed by atoms with E-state index in [0.717, 1.165) is 57.8 Å². The van der Waals surface area contributed by atoms with Crippen molar-refractivity contribution in [3.05, 3.63) is 0 Å². The van der Waals surface area contributed by atoms with Crippen molar-refractivity contribution in [1.29, 1.82) is 0 Å². The molecule has 33 heavy (non-hydrogen) atoms. The Morgan fingerprint density at radius 2 is 1.18 bits per heavy atom. The van der Waals surface area contributed by atoms with Crippen LogP contribution in [0.15, 0.2) is 0 Å². The molecular formula is C20H39NaO10S2. The molecule has 1 atom stereocenters. The van der Waals surface area contributed by atoms with Crippen molar-refractivity contribution >= 4 is 33.0 Å². The fraction of sp³-hybridized carbons (Fsp3) is 0.900. The van der Waals surface area contributed by atoms with Gasteiger partial charge in [-0.05, 0) is 12.8 Å². The first-order valence-corrected chi connectivity index (χ1v) is 13.8. The first-order chi connectivity index (χ1) is 15.1. The van der Waals surface area contributed by atoms with Crippen LogP contribution in [0.5, 0.6) is 0 Å². The average Bonchev–Trinajstić information content (AvgIpc) is 2.69. The Hall–Kier alpha value is -0.240. The molecule has 0 radical (unpaired) electrons. The number of unbranched alkanes of at least 4 members (excludes halogenated alkanes) is 10. The summed E-state index contributed by atoms with van der Waals surface area (Å²) in [5.41, 5.74) is 0. The summed E-state index contributed by atoms with van der Waals surface area (Å²) in [7, 11) is -8.11. The Morgan fingerprint density at radius 1 is 0.818 bits per heavy atom. The number of hydrogen-bond donors (Lipinski definition) is 2. The van der Waals surface area contributed by atoms with Crippen LogP contribution in [0.2, 0.25) is 0 Å². The van der Waals surface area contributed by atoms with E-state index in [2.05, 4.69) is 13.8 Å². The van der Waals surface area contributed by atoms with Crippen LogP contribution in [0.4, 0.5) is 0 Å². The fourth-order valence-corrected chi connectivity index (χ4v) is 3.39. The number of carbonyl (C=O) groups excluding carboxylic acids is 2. The Morgan fingerprint density at radius 3 is 1.58 bits per heavy atom. The van der Waals surface area contributed by atoms with Gasteiger partial charge in [0.05, 0.1) is 30.6 Å². The van der Waals surface area contributed by atoms with Gasteiger partial charge in [0.25, 0.3) is 10.1 Å². The number of ether oxygens (including phenoxy) is 2. The van der Waals surface area contributed by atoms with Crippen molar-refractivity contribution in [2.45, 2.75) is 103 Å². The van der Waals surface area contributed by atoms with E-state index < -0.39 is 44.7 Å². The Balaban J connectivity index is -0.00000165. The summed E-state index contributed by atoms with van der Waals surface area (Å²) >= 11 is 0. The summed E-state index contributed by atoms with van der Waals surface area (Å²) in [5, 5.41) is -1.93. The minimum Gasteiger partial charge on any atom is -0.750 e. The summed E-state index contributed by atoms with van der Waals surface area (Å²) in [5.74, 6) is -1.93. The second-order valence-corrected chi connectivity index (χ2v) is 9.40. The van der Waals surface area contributed by atoms with Crippen molar-refractivity contribution in [2.24, 2.45) is 0 Å². The molecule has 0 aromatic heterocycles. The van der Waals surface area contributed by atoms with Gasteiger partial charge in [0.1, 0.15) is 0 Å². The number of rotatable bonds is 18. The fourth-order valence-electron chi connectivity index (χ4n) is 2.74. The topological polar surface area (TPSA) is 164 Å². The monoisotopic (exact) mass is 526 g/mol. The zero-order valence-corrected chi connectivity index (χ0v) is 23.9. The van der Waals surface area contributed by atoms with Gasteiger partial charge >= 0.3 is 41.5 Å². The third-order valence-corrected chi connectivity index (χ3v) is 5.56. The van der Waals surface area contributed by atoms with Gasteiger partial charge in [-0.15, -0.1) is 0 Å². The van der Waals surface area contributed by atoms with Gasteiger partial charge in [-0.1, -0.05) is 78.1 Å². The van der Waals surface area contributed by atoms with Gasteiger partial charge in [-0.25, -0.2) is 8.42 Å². The van der Waals surface area contributed by atoms with E-state index in [1.165, 1.54) is 6.42 Å². The van der Waals surface area contributed by atoms with Crippen LogP contribution in [-0.2, 0) is 40.2 Å². The molecule has 0 aromatic rings. The van der Waals surface area contributed by atoms with E-state index in [4.69, 9.17) is 22.4 Å². The first kappa shape index (κ1) is 37.3. The normalized spacial score (nSPS) is 11.7. The maximum atomic E-state index is 12.0. The molecule has 0 bridgehead atoms. The molecule has 0 amide bonds. The molecule has 0 fully saturated rings. The quantitative estimate of drug-likeness (QED) is 0.0827. The molecule has 0 aliphatic carbocycles. The summed E-state index contributed by atoms with van der Waals surface area (Å²) in [4.78, 5) is 23.8. The molecule has 0 aliphatic heterocycles. The van der Waals surface area contributed by atoms with Crippen LogP contribution in [0.3, 0.4) is 0 Å². The van der Waals surface area contributed by atoms with Gasteiger partial charge < -0.3 is 14.0 Å². The van der Waals surface area contributed by atoms with E-state index in [-0.39, 0.29) is 42.8 Å². The van der Waals surface area contributed by atoms with Crippen LogP contribution >= 0.6 is 0 Å². The average molecular weight is 527 g/mol. The molecule has 0 aliphatic rings. The van der Waals surface area contributed by atoms with Crippen LogP contribution < -0.4 is 29.6 Å². The van der Waals surface area contributed by atoms with Crippen LogP contribution in [-0.4, -0.2) is 56.3 Å².